The zero-order valence-electron chi connectivity index (χ0n) is 16.6. The van der Waals surface area contributed by atoms with Crippen molar-refractivity contribution in [3.05, 3.63) is 77.2 Å². The fraction of sp³-hybridized carbons (Fsp3) is 0.304. The molecule has 0 atom stereocenters. The molecule has 0 aliphatic rings. The molecule has 0 aliphatic carbocycles. The van der Waals surface area contributed by atoms with E-state index in [0.29, 0.717) is 28.3 Å². The van der Waals surface area contributed by atoms with Crippen LogP contribution in [-0.2, 0) is 5.75 Å². The first kappa shape index (κ1) is 20.3. The maximum absolute atomic E-state index is 13.9. The fourth-order valence-electron chi connectivity index (χ4n) is 2.65. The van der Waals surface area contributed by atoms with E-state index in [4.69, 9.17) is 4.74 Å². The van der Waals surface area contributed by atoms with Crippen LogP contribution in [0.25, 0.3) is 0 Å². The predicted octanol–water partition coefficient (Wildman–Crippen LogP) is 6.95. The summed E-state index contributed by atoms with van der Waals surface area (Å²) in [5.41, 5.74) is 2.75. The largest absolute Gasteiger partial charge is 0.439 e. The van der Waals surface area contributed by atoms with Gasteiger partial charge in [0.2, 0.25) is 5.88 Å². The molecule has 0 unspecified atom stereocenters. The summed E-state index contributed by atoms with van der Waals surface area (Å²) in [4.78, 5) is 9.15. The number of halogens is 1. The highest BCUT2D eigenvalue weighted by Crippen LogP contribution is 2.29. The first-order chi connectivity index (χ1) is 13.4. The zero-order chi connectivity index (χ0) is 20.1. The van der Waals surface area contributed by atoms with Crippen molar-refractivity contribution < 1.29 is 9.13 Å². The van der Waals surface area contributed by atoms with Crippen LogP contribution in [0.15, 0.2) is 59.8 Å². The smallest absolute Gasteiger partial charge is 0.223 e. The normalized spacial score (nSPS) is 11.2. The lowest BCUT2D eigenvalue weighted by atomic mass is 10.0. The molecule has 3 rings (SSSR count). The molecule has 0 aliphatic heterocycles. The van der Waals surface area contributed by atoms with Gasteiger partial charge in [-0.05, 0) is 41.2 Å². The van der Waals surface area contributed by atoms with Gasteiger partial charge >= 0.3 is 0 Å². The van der Waals surface area contributed by atoms with Gasteiger partial charge in [-0.15, -0.1) is 0 Å². The van der Waals surface area contributed by atoms with Crippen LogP contribution in [0, 0.1) is 5.82 Å². The van der Waals surface area contributed by atoms with Crippen LogP contribution >= 0.6 is 11.8 Å². The number of hydrogen-bond donors (Lipinski definition) is 0. The van der Waals surface area contributed by atoms with Crippen LogP contribution < -0.4 is 4.74 Å². The van der Waals surface area contributed by atoms with Crippen LogP contribution in [-0.4, -0.2) is 9.97 Å². The van der Waals surface area contributed by atoms with Crippen LogP contribution in [0.1, 0.15) is 56.4 Å². The minimum Gasteiger partial charge on any atom is -0.439 e. The van der Waals surface area contributed by atoms with Crippen molar-refractivity contribution in [3.63, 3.8) is 0 Å². The monoisotopic (exact) mass is 396 g/mol. The van der Waals surface area contributed by atoms with Gasteiger partial charge in [0.15, 0.2) is 5.16 Å². The van der Waals surface area contributed by atoms with E-state index in [1.807, 2.05) is 30.3 Å². The van der Waals surface area contributed by atoms with Gasteiger partial charge in [0.1, 0.15) is 11.6 Å². The van der Waals surface area contributed by atoms with Crippen LogP contribution in [0.3, 0.4) is 0 Å². The summed E-state index contributed by atoms with van der Waals surface area (Å²) in [7, 11) is 0. The van der Waals surface area contributed by atoms with Crippen molar-refractivity contribution in [1.82, 2.24) is 9.97 Å². The summed E-state index contributed by atoms with van der Waals surface area (Å²) in [6.07, 6.45) is 0. The number of aromatic nitrogens is 2. The standard InChI is InChI=1S/C23H25FN2OS/c1-15(2)17-9-7-10-19(12-17)27-22-13-21(16(3)4)25-23(26-22)28-14-18-8-5-6-11-20(18)24/h5-13,15-16H,14H2,1-4H3. The molecule has 28 heavy (non-hydrogen) atoms. The van der Waals surface area contributed by atoms with Gasteiger partial charge in [-0.2, -0.15) is 4.98 Å². The molecule has 5 heteroatoms. The molecule has 2 aromatic carbocycles. The van der Waals surface area contributed by atoms with Crippen LogP contribution in [0.2, 0.25) is 0 Å². The first-order valence-corrected chi connectivity index (χ1v) is 10.4. The Hall–Kier alpha value is -2.40. The molecular weight excluding hydrogens is 371 g/mol. The summed E-state index contributed by atoms with van der Waals surface area (Å²) in [6.45, 7) is 8.46. The van der Waals surface area contributed by atoms with E-state index < -0.39 is 0 Å². The Labute approximate surface area is 170 Å². The summed E-state index contributed by atoms with van der Waals surface area (Å²) in [5.74, 6) is 2.18. The van der Waals surface area contributed by atoms with E-state index in [0.717, 1.165) is 11.4 Å². The second kappa shape index (κ2) is 9.20. The Morgan fingerprint density at radius 1 is 0.929 bits per heavy atom. The van der Waals surface area contributed by atoms with Gasteiger partial charge in [0.05, 0.1) is 5.69 Å². The van der Waals surface area contributed by atoms with Crippen molar-refractivity contribution in [2.45, 2.75) is 50.4 Å². The van der Waals surface area contributed by atoms with Gasteiger partial charge in [-0.3, -0.25) is 0 Å². The maximum Gasteiger partial charge on any atom is 0.223 e. The van der Waals surface area contributed by atoms with Gasteiger partial charge in [-0.1, -0.05) is 69.8 Å². The number of rotatable bonds is 7. The molecular formula is C23H25FN2OS. The quantitative estimate of drug-likeness (QED) is 0.320. The number of nitrogens with zero attached hydrogens (tertiary/aromatic N) is 2. The fourth-order valence-corrected chi connectivity index (χ4v) is 3.49. The van der Waals surface area contributed by atoms with E-state index in [-0.39, 0.29) is 11.7 Å². The molecule has 0 N–H and O–H groups in total. The van der Waals surface area contributed by atoms with Crippen LogP contribution in [0.5, 0.6) is 11.6 Å². The number of benzene rings is 2. The Morgan fingerprint density at radius 2 is 1.71 bits per heavy atom. The highest BCUT2D eigenvalue weighted by Gasteiger charge is 2.12. The van der Waals surface area contributed by atoms with Crippen molar-refractivity contribution >= 4 is 11.8 Å². The van der Waals surface area contributed by atoms with Crippen molar-refractivity contribution in [2.75, 3.05) is 0 Å². The second-order valence-electron chi connectivity index (χ2n) is 7.28. The molecule has 0 saturated carbocycles. The zero-order valence-corrected chi connectivity index (χ0v) is 17.5. The third-order valence-corrected chi connectivity index (χ3v) is 5.25. The van der Waals surface area contributed by atoms with E-state index in [1.54, 1.807) is 12.1 Å². The van der Waals surface area contributed by atoms with Gasteiger partial charge in [-0.25, -0.2) is 9.37 Å². The van der Waals surface area contributed by atoms with E-state index >= 15 is 0 Å². The number of hydrogen-bond acceptors (Lipinski definition) is 4. The Morgan fingerprint density at radius 3 is 2.43 bits per heavy atom. The average Bonchev–Trinajstić information content (AvgIpc) is 2.67. The SMILES string of the molecule is CC(C)c1cccc(Oc2cc(C(C)C)nc(SCc3ccccc3F)n2)c1. The first-order valence-electron chi connectivity index (χ1n) is 9.45. The third kappa shape index (κ3) is 5.32. The lowest BCUT2D eigenvalue weighted by molar-refractivity contribution is 0.452. The van der Waals surface area contributed by atoms with Gasteiger partial charge < -0.3 is 4.74 Å². The summed E-state index contributed by atoms with van der Waals surface area (Å²) >= 11 is 1.41. The minimum atomic E-state index is -0.211. The van der Waals surface area contributed by atoms with Crippen molar-refractivity contribution in [3.8, 4) is 11.6 Å². The Balaban J connectivity index is 1.83. The molecule has 146 valence electrons. The highest BCUT2D eigenvalue weighted by molar-refractivity contribution is 7.98. The molecule has 1 aromatic heterocycles. The molecule has 0 saturated heterocycles. The van der Waals surface area contributed by atoms with Gasteiger partial charge in [0, 0.05) is 11.8 Å². The number of thioether (sulfide) groups is 1. The molecule has 0 fully saturated rings. The molecule has 3 aromatic rings. The Bertz CT molecular complexity index is 943. The lowest BCUT2D eigenvalue weighted by Gasteiger charge is -2.12. The molecule has 0 bridgehead atoms. The molecule has 3 nitrogen and oxygen atoms in total. The lowest BCUT2D eigenvalue weighted by Crippen LogP contribution is -2.00. The second-order valence-corrected chi connectivity index (χ2v) is 8.22. The highest BCUT2D eigenvalue weighted by atomic mass is 32.2. The third-order valence-electron chi connectivity index (χ3n) is 4.36. The van der Waals surface area contributed by atoms with E-state index in [9.17, 15) is 4.39 Å². The molecule has 0 amide bonds. The van der Waals surface area contributed by atoms with Crippen molar-refractivity contribution in [2.24, 2.45) is 0 Å². The summed E-state index contributed by atoms with van der Waals surface area (Å²) in [6, 6.07) is 16.7. The Kier molecular flexibility index (Phi) is 6.68. The summed E-state index contributed by atoms with van der Waals surface area (Å²) in [5, 5.41) is 0.587. The molecule has 1 heterocycles. The van der Waals surface area contributed by atoms with E-state index in [2.05, 4.69) is 43.7 Å². The minimum absolute atomic E-state index is 0.211. The van der Waals surface area contributed by atoms with Crippen molar-refractivity contribution in [1.29, 1.82) is 0 Å². The van der Waals surface area contributed by atoms with Gasteiger partial charge in [0.25, 0.3) is 0 Å². The van der Waals surface area contributed by atoms with E-state index in [1.165, 1.54) is 23.4 Å². The van der Waals surface area contributed by atoms with Crippen LogP contribution in [0.4, 0.5) is 4.39 Å². The maximum atomic E-state index is 13.9. The number of ether oxygens (including phenoxy) is 1. The molecule has 0 spiro atoms. The average molecular weight is 397 g/mol. The summed E-state index contributed by atoms with van der Waals surface area (Å²) < 4.78 is 19.9. The molecule has 0 radical (unpaired) electrons. The predicted molar refractivity (Wildman–Crippen MR) is 113 cm³/mol. The topological polar surface area (TPSA) is 35.0 Å².